The molecule has 0 radical (unpaired) electrons. The molecule has 0 aliphatic heterocycles. The van der Waals surface area contributed by atoms with Gasteiger partial charge in [-0.2, -0.15) is 0 Å². The van der Waals surface area contributed by atoms with Crippen LogP contribution in [0.25, 0.3) is 0 Å². The molecule has 2 atom stereocenters. The highest BCUT2D eigenvalue weighted by Gasteiger charge is 2.23. The van der Waals surface area contributed by atoms with Gasteiger partial charge >= 0.3 is 0 Å². The molecule has 116 valence electrons. The summed E-state index contributed by atoms with van der Waals surface area (Å²) >= 11 is 5.52. The minimum absolute atomic E-state index is 0.522. The van der Waals surface area contributed by atoms with E-state index in [1.807, 2.05) is 0 Å². The van der Waals surface area contributed by atoms with Gasteiger partial charge in [-0.1, -0.05) is 38.5 Å². The zero-order valence-electron chi connectivity index (χ0n) is 13.3. The van der Waals surface area contributed by atoms with E-state index < -0.39 is 0 Å². The molecule has 2 N–H and O–H groups in total. The Kier molecular flexibility index (Phi) is 6.60. The first-order valence-corrected chi connectivity index (χ1v) is 9.14. The molecule has 0 aromatic carbocycles. The molecule has 2 rings (SSSR count). The first-order chi connectivity index (χ1) is 9.66. The molecule has 0 aromatic heterocycles. The van der Waals surface area contributed by atoms with E-state index in [0.717, 1.165) is 16.9 Å². The van der Waals surface area contributed by atoms with Crippen LogP contribution in [0.2, 0.25) is 0 Å². The Bertz CT molecular complexity index is 265. The third kappa shape index (κ3) is 4.91. The van der Waals surface area contributed by atoms with Crippen molar-refractivity contribution in [2.45, 2.75) is 90.1 Å². The van der Waals surface area contributed by atoms with Crippen molar-refractivity contribution in [2.75, 3.05) is 0 Å². The highest BCUT2D eigenvalue weighted by atomic mass is 32.1. The standard InChI is InChI=1S/C17H32N2S/c1-13(15-9-5-3-6-10-15)18-17(20)19-14(2)16-11-7-4-8-12-16/h13-16H,3-12H2,1-2H3,(H2,18,19,20)/t13-,14-/m1/s1. The minimum Gasteiger partial charge on any atom is -0.360 e. The second-order valence-corrected chi connectivity index (χ2v) is 7.40. The molecule has 20 heavy (non-hydrogen) atoms. The Morgan fingerprint density at radius 2 is 1.10 bits per heavy atom. The summed E-state index contributed by atoms with van der Waals surface area (Å²) in [6.07, 6.45) is 13.9. The SMILES string of the molecule is C[C@@H](NC(=S)N[C@H](C)C1CCCCC1)C1CCCCC1. The second kappa shape index (κ2) is 8.21. The monoisotopic (exact) mass is 296 g/mol. The molecule has 2 aliphatic carbocycles. The summed E-state index contributed by atoms with van der Waals surface area (Å²) in [6, 6.07) is 1.04. The van der Waals surface area contributed by atoms with Crippen molar-refractivity contribution in [3.05, 3.63) is 0 Å². The van der Waals surface area contributed by atoms with Crippen molar-refractivity contribution in [3.8, 4) is 0 Å². The third-order valence-corrected chi connectivity index (χ3v) is 5.67. The summed E-state index contributed by atoms with van der Waals surface area (Å²) in [7, 11) is 0. The van der Waals surface area contributed by atoms with Crippen LogP contribution in [-0.2, 0) is 0 Å². The van der Waals surface area contributed by atoms with Crippen LogP contribution in [0.1, 0.15) is 78.1 Å². The van der Waals surface area contributed by atoms with E-state index in [2.05, 4.69) is 24.5 Å². The van der Waals surface area contributed by atoms with Crippen molar-refractivity contribution in [1.29, 1.82) is 0 Å². The Balaban J connectivity index is 1.70. The van der Waals surface area contributed by atoms with Crippen molar-refractivity contribution < 1.29 is 0 Å². The van der Waals surface area contributed by atoms with E-state index in [1.165, 1.54) is 64.2 Å². The van der Waals surface area contributed by atoms with Gasteiger partial charge in [-0.15, -0.1) is 0 Å². The molecule has 3 heteroatoms. The second-order valence-electron chi connectivity index (χ2n) is 6.99. The van der Waals surface area contributed by atoms with Crippen LogP contribution in [0.15, 0.2) is 0 Å². The largest absolute Gasteiger partial charge is 0.360 e. The summed E-state index contributed by atoms with van der Waals surface area (Å²) in [6.45, 7) is 4.60. The van der Waals surface area contributed by atoms with Crippen molar-refractivity contribution >= 4 is 17.3 Å². The molecule has 0 aromatic rings. The van der Waals surface area contributed by atoms with Crippen LogP contribution < -0.4 is 10.6 Å². The summed E-state index contributed by atoms with van der Waals surface area (Å²) in [4.78, 5) is 0. The third-order valence-electron chi connectivity index (χ3n) is 5.43. The predicted octanol–water partition coefficient (Wildman–Crippen LogP) is 4.39. The van der Waals surface area contributed by atoms with Crippen LogP contribution in [0.3, 0.4) is 0 Å². The highest BCUT2D eigenvalue weighted by molar-refractivity contribution is 7.80. The first kappa shape index (κ1) is 16.1. The van der Waals surface area contributed by atoms with Gasteiger partial charge in [0.15, 0.2) is 5.11 Å². The normalized spacial score (nSPS) is 24.9. The highest BCUT2D eigenvalue weighted by Crippen LogP contribution is 2.27. The predicted molar refractivity (Wildman–Crippen MR) is 90.9 cm³/mol. The average Bonchev–Trinajstić information content (AvgIpc) is 2.49. The van der Waals surface area contributed by atoms with Crippen LogP contribution in [0, 0.1) is 11.8 Å². The minimum atomic E-state index is 0.522. The van der Waals surface area contributed by atoms with E-state index in [1.54, 1.807) is 0 Å². The van der Waals surface area contributed by atoms with Crippen LogP contribution in [0.5, 0.6) is 0 Å². The van der Waals surface area contributed by atoms with Gasteiger partial charge in [0.1, 0.15) is 0 Å². The van der Waals surface area contributed by atoms with Gasteiger partial charge in [0.25, 0.3) is 0 Å². The average molecular weight is 297 g/mol. The van der Waals surface area contributed by atoms with Crippen molar-refractivity contribution in [3.63, 3.8) is 0 Å². The maximum atomic E-state index is 5.52. The van der Waals surface area contributed by atoms with E-state index in [-0.39, 0.29) is 0 Å². The quantitative estimate of drug-likeness (QED) is 0.752. The van der Waals surface area contributed by atoms with Gasteiger partial charge in [0.2, 0.25) is 0 Å². The number of hydrogen-bond acceptors (Lipinski definition) is 1. The number of nitrogens with one attached hydrogen (secondary N) is 2. The van der Waals surface area contributed by atoms with E-state index >= 15 is 0 Å². The van der Waals surface area contributed by atoms with Crippen LogP contribution >= 0.6 is 12.2 Å². The van der Waals surface area contributed by atoms with Gasteiger partial charge in [-0.25, -0.2) is 0 Å². The molecular weight excluding hydrogens is 264 g/mol. The Hall–Kier alpha value is -0.310. The molecule has 0 heterocycles. The van der Waals surface area contributed by atoms with E-state index in [9.17, 15) is 0 Å². The molecular formula is C17H32N2S. The summed E-state index contributed by atoms with van der Waals surface area (Å²) in [5, 5.41) is 7.96. The molecule has 2 saturated carbocycles. The lowest BCUT2D eigenvalue weighted by Crippen LogP contribution is -2.49. The zero-order chi connectivity index (χ0) is 14.4. The maximum Gasteiger partial charge on any atom is 0.166 e. The Morgan fingerprint density at radius 1 is 0.750 bits per heavy atom. The molecule has 2 nitrogen and oxygen atoms in total. The summed E-state index contributed by atoms with van der Waals surface area (Å²) < 4.78 is 0. The molecule has 0 spiro atoms. The van der Waals surface area contributed by atoms with Gasteiger partial charge in [-0.3, -0.25) is 0 Å². The molecule has 2 aliphatic rings. The van der Waals surface area contributed by atoms with Crippen LogP contribution in [-0.4, -0.2) is 17.2 Å². The Morgan fingerprint density at radius 3 is 1.45 bits per heavy atom. The number of thiocarbonyl (C=S) groups is 1. The first-order valence-electron chi connectivity index (χ1n) is 8.74. The van der Waals surface area contributed by atoms with Crippen molar-refractivity contribution in [1.82, 2.24) is 10.6 Å². The van der Waals surface area contributed by atoms with Crippen molar-refractivity contribution in [2.24, 2.45) is 11.8 Å². The maximum absolute atomic E-state index is 5.52. The summed E-state index contributed by atoms with van der Waals surface area (Å²) in [5.41, 5.74) is 0. The smallest absolute Gasteiger partial charge is 0.166 e. The number of hydrogen-bond donors (Lipinski definition) is 2. The molecule has 0 saturated heterocycles. The lowest BCUT2D eigenvalue weighted by Gasteiger charge is -2.32. The Labute approximate surface area is 130 Å². The zero-order valence-corrected chi connectivity index (χ0v) is 14.1. The fourth-order valence-electron chi connectivity index (χ4n) is 3.96. The van der Waals surface area contributed by atoms with Gasteiger partial charge in [0.05, 0.1) is 0 Å². The number of rotatable bonds is 4. The lowest BCUT2D eigenvalue weighted by atomic mass is 9.84. The van der Waals surface area contributed by atoms with Gasteiger partial charge < -0.3 is 10.6 Å². The fourth-order valence-corrected chi connectivity index (χ4v) is 4.33. The van der Waals surface area contributed by atoms with E-state index in [4.69, 9.17) is 12.2 Å². The molecule has 2 fully saturated rings. The van der Waals surface area contributed by atoms with Gasteiger partial charge in [0, 0.05) is 12.1 Å². The van der Waals surface area contributed by atoms with Gasteiger partial charge in [-0.05, 0) is 63.6 Å². The lowest BCUT2D eigenvalue weighted by molar-refractivity contribution is 0.290. The fraction of sp³-hybridized carbons (Fsp3) is 0.941. The molecule has 0 unspecified atom stereocenters. The topological polar surface area (TPSA) is 24.1 Å². The summed E-state index contributed by atoms with van der Waals surface area (Å²) in [5.74, 6) is 1.63. The molecule has 0 bridgehead atoms. The molecule has 0 amide bonds. The van der Waals surface area contributed by atoms with E-state index in [0.29, 0.717) is 12.1 Å². The van der Waals surface area contributed by atoms with Crippen LogP contribution in [0.4, 0.5) is 0 Å².